The standard InChI is InChI=1S/C13H19NO2/c1-3-16-10-13(15)14-9-11(2)12-7-5-4-6-8-12/h4-8,11H,3,9-10H2,1-2H3,(H,14,15). The number of nitrogens with one attached hydrogen (secondary N) is 1. The lowest BCUT2D eigenvalue weighted by molar-refractivity contribution is -0.125. The van der Waals surface area contributed by atoms with Gasteiger partial charge in [-0.1, -0.05) is 37.3 Å². The van der Waals surface area contributed by atoms with Gasteiger partial charge in [0.15, 0.2) is 0 Å². The molecule has 0 fully saturated rings. The van der Waals surface area contributed by atoms with Crippen molar-refractivity contribution in [3.63, 3.8) is 0 Å². The minimum atomic E-state index is -0.0513. The Morgan fingerprint density at radius 1 is 1.38 bits per heavy atom. The Morgan fingerprint density at radius 3 is 2.69 bits per heavy atom. The van der Waals surface area contributed by atoms with Crippen molar-refractivity contribution in [1.29, 1.82) is 0 Å². The minimum Gasteiger partial charge on any atom is -0.372 e. The van der Waals surface area contributed by atoms with E-state index in [2.05, 4.69) is 24.4 Å². The molecule has 1 aromatic rings. The number of rotatable bonds is 6. The van der Waals surface area contributed by atoms with E-state index in [1.165, 1.54) is 5.56 Å². The number of amides is 1. The van der Waals surface area contributed by atoms with Gasteiger partial charge in [0.05, 0.1) is 0 Å². The van der Waals surface area contributed by atoms with Crippen molar-refractivity contribution in [2.45, 2.75) is 19.8 Å². The summed E-state index contributed by atoms with van der Waals surface area (Å²) in [4.78, 5) is 11.3. The molecule has 3 heteroatoms. The second kappa shape index (κ2) is 7.01. The fourth-order valence-electron chi connectivity index (χ4n) is 1.41. The smallest absolute Gasteiger partial charge is 0.246 e. The van der Waals surface area contributed by atoms with Crippen LogP contribution in [0.15, 0.2) is 30.3 Å². The van der Waals surface area contributed by atoms with E-state index in [1.807, 2.05) is 25.1 Å². The van der Waals surface area contributed by atoms with Gasteiger partial charge in [0.1, 0.15) is 6.61 Å². The molecule has 0 spiro atoms. The van der Waals surface area contributed by atoms with Crippen LogP contribution in [-0.4, -0.2) is 25.7 Å². The first-order chi connectivity index (χ1) is 7.74. The minimum absolute atomic E-state index is 0.0513. The molecule has 1 rings (SSSR count). The van der Waals surface area contributed by atoms with Crippen molar-refractivity contribution in [2.24, 2.45) is 0 Å². The molecule has 88 valence electrons. The molecule has 16 heavy (non-hydrogen) atoms. The molecule has 1 N–H and O–H groups in total. The Bertz CT molecular complexity index is 311. The van der Waals surface area contributed by atoms with E-state index < -0.39 is 0 Å². The van der Waals surface area contributed by atoms with E-state index in [9.17, 15) is 4.79 Å². The third-order valence-corrected chi connectivity index (χ3v) is 2.41. The molecule has 0 saturated heterocycles. The third kappa shape index (κ3) is 4.45. The van der Waals surface area contributed by atoms with E-state index in [4.69, 9.17) is 4.74 Å². The fourth-order valence-corrected chi connectivity index (χ4v) is 1.41. The van der Waals surface area contributed by atoms with Gasteiger partial charge in [-0.2, -0.15) is 0 Å². The van der Waals surface area contributed by atoms with Gasteiger partial charge in [0.25, 0.3) is 0 Å². The van der Waals surface area contributed by atoms with E-state index in [0.717, 1.165) is 0 Å². The summed E-state index contributed by atoms with van der Waals surface area (Å²) in [6.45, 7) is 5.34. The number of benzene rings is 1. The van der Waals surface area contributed by atoms with Gasteiger partial charge in [0, 0.05) is 13.2 Å². The molecule has 0 aromatic heterocycles. The van der Waals surface area contributed by atoms with Crippen LogP contribution >= 0.6 is 0 Å². The van der Waals surface area contributed by atoms with Crippen LogP contribution in [0.2, 0.25) is 0 Å². The van der Waals surface area contributed by atoms with Crippen molar-refractivity contribution in [3.05, 3.63) is 35.9 Å². The Balaban J connectivity index is 2.30. The van der Waals surface area contributed by atoms with Crippen LogP contribution in [0.25, 0.3) is 0 Å². The lowest BCUT2D eigenvalue weighted by Gasteiger charge is -2.12. The van der Waals surface area contributed by atoms with Gasteiger partial charge in [-0.25, -0.2) is 0 Å². The molecule has 3 nitrogen and oxygen atoms in total. The summed E-state index contributed by atoms with van der Waals surface area (Å²) < 4.78 is 5.02. The molecule has 1 aromatic carbocycles. The number of hydrogen-bond donors (Lipinski definition) is 1. The molecule has 1 atom stereocenters. The zero-order valence-electron chi connectivity index (χ0n) is 9.90. The predicted octanol–water partition coefficient (Wildman–Crippen LogP) is 1.94. The predicted molar refractivity (Wildman–Crippen MR) is 64.4 cm³/mol. The van der Waals surface area contributed by atoms with Crippen molar-refractivity contribution in [1.82, 2.24) is 5.32 Å². The number of hydrogen-bond acceptors (Lipinski definition) is 2. The van der Waals surface area contributed by atoms with Gasteiger partial charge in [-0.05, 0) is 18.4 Å². The molecule has 0 aliphatic carbocycles. The molecular formula is C13H19NO2. The Kier molecular flexibility index (Phi) is 5.57. The molecule has 0 radical (unpaired) electrons. The molecule has 0 saturated carbocycles. The summed E-state index contributed by atoms with van der Waals surface area (Å²) in [5, 5.41) is 2.85. The van der Waals surface area contributed by atoms with Crippen molar-refractivity contribution < 1.29 is 9.53 Å². The SMILES string of the molecule is CCOCC(=O)NCC(C)c1ccccc1. The van der Waals surface area contributed by atoms with Crippen LogP contribution in [0, 0.1) is 0 Å². The summed E-state index contributed by atoms with van der Waals surface area (Å²) in [5.41, 5.74) is 1.24. The number of ether oxygens (including phenoxy) is 1. The maximum absolute atomic E-state index is 11.3. The Hall–Kier alpha value is -1.35. The molecule has 0 bridgehead atoms. The van der Waals surface area contributed by atoms with E-state index >= 15 is 0 Å². The summed E-state index contributed by atoms with van der Waals surface area (Å²) in [7, 11) is 0. The highest BCUT2D eigenvalue weighted by atomic mass is 16.5. The molecule has 0 aliphatic rings. The monoisotopic (exact) mass is 221 g/mol. The zero-order chi connectivity index (χ0) is 11.8. The molecule has 0 aliphatic heterocycles. The molecule has 1 unspecified atom stereocenters. The first kappa shape index (κ1) is 12.7. The lowest BCUT2D eigenvalue weighted by Crippen LogP contribution is -2.30. The largest absolute Gasteiger partial charge is 0.372 e. The normalized spacial score (nSPS) is 12.1. The van der Waals surface area contributed by atoms with Crippen LogP contribution in [0.4, 0.5) is 0 Å². The van der Waals surface area contributed by atoms with Crippen LogP contribution in [0.5, 0.6) is 0 Å². The topological polar surface area (TPSA) is 38.3 Å². The summed E-state index contributed by atoms with van der Waals surface area (Å²) in [5.74, 6) is 0.274. The second-order valence-corrected chi connectivity index (χ2v) is 3.75. The fraction of sp³-hybridized carbons (Fsp3) is 0.462. The van der Waals surface area contributed by atoms with Gasteiger partial charge < -0.3 is 10.1 Å². The first-order valence-corrected chi connectivity index (χ1v) is 5.63. The van der Waals surface area contributed by atoms with Crippen LogP contribution in [0.1, 0.15) is 25.3 Å². The molecule has 0 heterocycles. The number of carbonyl (C=O) groups is 1. The maximum atomic E-state index is 11.3. The average molecular weight is 221 g/mol. The second-order valence-electron chi connectivity index (χ2n) is 3.75. The Labute approximate surface area is 96.8 Å². The lowest BCUT2D eigenvalue weighted by atomic mass is 10.0. The van der Waals surface area contributed by atoms with E-state index in [1.54, 1.807) is 0 Å². The Morgan fingerprint density at radius 2 is 2.06 bits per heavy atom. The van der Waals surface area contributed by atoms with Gasteiger partial charge in [-0.3, -0.25) is 4.79 Å². The number of carbonyl (C=O) groups excluding carboxylic acids is 1. The maximum Gasteiger partial charge on any atom is 0.246 e. The quantitative estimate of drug-likeness (QED) is 0.797. The van der Waals surface area contributed by atoms with E-state index in [0.29, 0.717) is 19.1 Å². The highest BCUT2D eigenvalue weighted by Gasteiger charge is 2.06. The summed E-state index contributed by atoms with van der Waals surface area (Å²) >= 11 is 0. The van der Waals surface area contributed by atoms with Crippen molar-refractivity contribution in [2.75, 3.05) is 19.8 Å². The van der Waals surface area contributed by atoms with E-state index in [-0.39, 0.29) is 12.5 Å². The third-order valence-electron chi connectivity index (χ3n) is 2.41. The summed E-state index contributed by atoms with van der Waals surface area (Å²) in [6, 6.07) is 10.1. The van der Waals surface area contributed by atoms with Crippen LogP contribution in [-0.2, 0) is 9.53 Å². The molecule has 1 amide bonds. The van der Waals surface area contributed by atoms with Crippen molar-refractivity contribution >= 4 is 5.91 Å². The van der Waals surface area contributed by atoms with Crippen LogP contribution in [0.3, 0.4) is 0 Å². The van der Waals surface area contributed by atoms with Gasteiger partial charge >= 0.3 is 0 Å². The van der Waals surface area contributed by atoms with Crippen LogP contribution < -0.4 is 5.32 Å². The van der Waals surface area contributed by atoms with Gasteiger partial charge in [0.2, 0.25) is 5.91 Å². The molecular weight excluding hydrogens is 202 g/mol. The summed E-state index contributed by atoms with van der Waals surface area (Å²) in [6.07, 6.45) is 0. The van der Waals surface area contributed by atoms with Crippen molar-refractivity contribution in [3.8, 4) is 0 Å². The highest BCUT2D eigenvalue weighted by Crippen LogP contribution is 2.12. The highest BCUT2D eigenvalue weighted by molar-refractivity contribution is 5.77. The average Bonchev–Trinajstić information content (AvgIpc) is 2.34. The first-order valence-electron chi connectivity index (χ1n) is 5.63. The zero-order valence-corrected chi connectivity index (χ0v) is 9.90. The van der Waals surface area contributed by atoms with Gasteiger partial charge in [-0.15, -0.1) is 0 Å².